The fourth-order valence-electron chi connectivity index (χ4n) is 2.38. The first-order valence-corrected chi connectivity index (χ1v) is 6.29. The summed E-state index contributed by atoms with van der Waals surface area (Å²) in [6.45, 7) is 6.08. The van der Waals surface area contributed by atoms with Crippen LogP contribution in [0.4, 0.5) is 5.69 Å². The standard InChI is InChI=1S/C16H16N2O/c1-9-7-10(2)15-14(8-9)18-16(19-15)12-5-4-6-13(17)11(12)3/h4-8H,17H2,1-3H3. The van der Waals surface area contributed by atoms with E-state index >= 15 is 0 Å². The number of aromatic nitrogens is 1. The zero-order chi connectivity index (χ0) is 13.6. The summed E-state index contributed by atoms with van der Waals surface area (Å²) in [4.78, 5) is 4.58. The van der Waals surface area contributed by atoms with Gasteiger partial charge in [0.2, 0.25) is 5.89 Å². The van der Waals surface area contributed by atoms with Crippen molar-refractivity contribution < 1.29 is 4.42 Å². The summed E-state index contributed by atoms with van der Waals surface area (Å²) in [5.74, 6) is 0.633. The number of benzene rings is 2. The van der Waals surface area contributed by atoms with Crippen LogP contribution in [-0.4, -0.2) is 4.98 Å². The predicted molar refractivity (Wildman–Crippen MR) is 78.1 cm³/mol. The van der Waals surface area contributed by atoms with E-state index < -0.39 is 0 Å². The second-order valence-electron chi connectivity index (χ2n) is 4.97. The average Bonchev–Trinajstić information content (AvgIpc) is 2.76. The van der Waals surface area contributed by atoms with Gasteiger partial charge in [0.1, 0.15) is 5.52 Å². The Hall–Kier alpha value is -2.29. The van der Waals surface area contributed by atoms with Crippen LogP contribution in [0.25, 0.3) is 22.6 Å². The number of oxazole rings is 1. The SMILES string of the molecule is Cc1cc(C)c2oc(-c3cccc(N)c3C)nc2c1. The Morgan fingerprint density at radius 1 is 1.11 bits per heavy atom. The maximum Gasteiger partial charge on any atom is 0.227 e. The molecule has 19 heavy (non-hydrogen) atoms. The lowest BCUT2D eigenvalue weighted by atomic mass is 10.1. The molecule has 2 aromatic carbocycles. The molecule has 1 aromatic heterocycles. The number of aryl methyl sites for hydroxylation is 2. The summed E-state index contributed by atoms with van der Waals surface area (Å²) in [7, 11) is 0. The van der Waals surface area contributed by atoms with E-state index in [0.717, 1.165) is 33.5 Å². The highest BCUT2D eigenvalue weighted by Crippen LogP contribution is 2.30. The Morgan fingerprint density at radius 2 is 1.89 bits per heavy atom. The lowest BCUT2D eigenvalue weighted by Crippen LogP contribution is -1.91. The van der Waals surface area contributed by atoms with Gasteiger partial charge in [0.15, 0.2) is 5.58 Å². The van der Waals surface area contributed by atoms with Crippen molar-refractivity contribution in [3.8, 4) is 11.5 Å². The Labute approximate surface area is 112 Å². The van der Waals surface area contributed by atoms with Crippen LogP contribution in [0.1, 0.15) is 16.7 Å². The number of hydrogen-bond acceptors (Lipinski definition) is 3. The van der Waals surface area contributed by atoms with Crippen LogP contribution in [0.15, 0.2) is 34.7 Å². The second kappa shape index (κ2) is 4.12. The Kier molecular flexibility index (Phi) is 2.56. The molecular weight excluding hydrogens is 236 g/mol. The molecule has 0 fully saturated rings. The number of nitrogens with zero attached hydrogens (tertiary/aromatic N) is 1. The highest BCUT2D eigenvalue weighted by Gasteiger charge is 2.13. The minimum atomic E-state index is 0.633. The molecule has 96 valence electrons. The van der Waals surface area contributed by atoms with E-state index in [1.54, 1.807) is 0 Å². The molecule has 3 aromatic rings. The van der Waals surface area contributed by atoms with Crippen LogP contribution >= 0.6 is 0 Å². The molecule has 0 aliphatic heterocycles. The van der Waals surface area contributed by atoms with E-state index in [1.165, 1.54) is 5.56 Å². The van der Waals surface area contributed by atoms with Crippen LogP contribution in [0.2, 0.25) is 0 Å². The van der Waals surface area contributed by atoms with Gasteiger partial charge in [-0.1, -0.05) is 12.1 Å². The van der Waals surface area contributed by atoms with Crippen LogP contribution < -0.4 is 5.73 Å². The molecule has 0 amide bonds. The highest BCUT2D eigenvalue weighted by atomic mass is 16.3. The number of fused-ring (bicyclic) bond motifs is 1. The third-order valence-corrected chi connectivity index (χ3v) is 3.43. The number of rotatable bonds is 1. The van der Waals surface area contributed by atoms with Crippen molar-refractivity contribution in [2.24, 2.45) is 0 Å². The molecule has 0 atom stereocenters. The first-order chi connectivity index (χ1) is 9.06. The van der Waals surface area contributed by atoms with E-state index in [2.05, 4.69) is 18.0 Å². The van der Waals surface area contributed by atoms with Gasteiger partial charge in [-0.05, 0) is 55.7 Å². The molecule has 3 nitrogen and oxygen atoms in total. The maximum absolute atomic E-state index is 5.94. The van der Waals surface area contributed by atoms with Crippen molar-refractivity contribution in [1.29, 1.82) is 0 Å². The van der Waals surface area contributed by atoms with Gasteiger partial charge in [0.05, 0.1) is 0 Å². The van der Waals surface area contributed by atoms with Gasteiger partial charge < -0.3 is 10.2 Å². The summed E-state index contributed by atoms with van der Waals surface area (Å²) < 4.78 is 5.91. The smallest absolute Gasteiger partial charge is 0.227 e. The number of hydrogen-bond donors (Lipinski definition) is 1. The monoisotopic (exact) mass is 252 g/mol. The molecule has 0 saturated carbocycles. The fourth-order valence-corrected chi connectivity index (χ4v) is 2.38. The van der Waals surface area contributed by atoms with Gasteiger partial charge in [0, 0.05) is 11.3 Å². The number of nitrogens with two attached hydrogens (primary N) is 1. The van der Waals surface area contributed by atoms with Crippen LogP contribution in [0.5, 0.6) is 0 Å². The van der Waals surface area contributed by atoms with Crippen LogP contribution in [0.3, 0.4) is 0 Å². The van der Waals surface area contributed by atoms with Crippen molar-refractivity contribution in [2.75, 3.05) is 5.73 Å². The molecular formula is C16H16N2O. The van der Waals surface area contributed by atoms with E-state index in [9.17, 15) is 0 Å². The van der Waals surface area contributed by atoms with Gasteiger partial charge in [-0.15, -0.1) is 0 Å². The van der Waals surface area contributed by atoms with E-state index in [-0.39, 0.29) is 0 Å². The fraction of sp³-hybridized carbons (Fsp3) is 0.188. The molecule has 1 heterocycles. The number of nitrogen functional groups attached to an aromatic ring is 1. The van der Waals surface area contributed by atoms with Crippen molar-refractivity contribution in [3.63, 3.8) is 0 Å². The van der Waals surface area contributed by atoms with E-state index in [4.69, 9.17) is 10.2 Å². The van der Waals surface area contributed by atoms with Crippen LogP contribution in [-0.2, 0) is 0 Å². The average molecular weight is 252 g/mol. The molecule has 0 unspecified atom stereocenters. The topological polar surface area (TPSA) is 52.0 Å². The van der Waals surface area contributed by atoms with Crippen molar-refractivity contribution in [1.82, 2.24) is 4.98 Å². The third-order valence-electron chi connectivity index (χ3n) is 3.43. The molecule has 0 radical (unpaired) electrons. The Bertz CT molecular complexity index is 772. The lowest BCUT2D eigenvalue weighted by Gasteiger charge is -2.03. The normalized spacial score (nSPS) is 11.1. The molecule has 0 bridgehead atoms. The summed E-state index contributed by atoms with van der Waals surface area (Å²) in [6.07, 6.45) is 0. The third kappa shape index (κ3) is 1.87. The highest BCUT2D eigenvalue weighted by molar-refractivity contribution is 5.81. The molecule has 2 N–H and O–H groups in total. The number of anilines is 1. The van der Waals surface area contributed by atoms with Gasteiger partial charge in [-0.25, -0.2) is 4.98 Å². The van der Waals surface area contributed by atoms with Crippen molar-refractivity contribution in [2.45, 2.75) is 20.8 Å². The minimum Gasteiger partial charge on any atom is -0.436 e. The summed E-state index contributed by atoms with van der Waals surface area (Å²) in [6, 6.07) is 9.93. The van der Waals surface area contributed by atoms with Gasteiger partial charge in [0.25, 0.3) is 0 Å². The lowest BCUT2D eigenvalue weighted by molar-refractivity contribution is 0.617. The molecule has 0 spiro atoms. The van der Waals surface area contributed by atoms with Gasteiger partial charge in [-0.3, -0.25) is 0 Å². The summed E-state index contributed by atoms with van der Waals surface area (Å²) in [5.41, 5.74) is 12.7. The second-order valence-corrected chi connectivity index (χ2v) is 4.97. The summed E-state index contributed by atoms with van der Waals surface area (Å²) in [5, 5.41) is 0. The Balaban J connectivity index is 2.26. The quantitative estimate of drug-likeness (QED) is 0.666. The summed E-state index contributed by atoms with van der Waals surface area (Å²) >= 11 is 0. The molecule has 3 rings (SSSR count). The molecule has 0 aliphatic rings. The zero-order valence-electron chi connectivity index (χ0n) is 11.3. The first kappa shape index (κ1) is 11.8. The zero-order valence-corrected chi connectivity index (χ0v) is 11.3. The minimum absolute atomic E-state index is 0.633. The van der Waals surface area contributed by atoms with Crippen molar-refractivity contribution >= 4 is 16.8 Å². The largest absolute Gasteiger partial charge is 0.436 e. The maximum atomic E-state index is 5.94. The van der Waals surface area contributed by atoms with E-state index in [0.29, 0.717) is 5.89 Å². The predicted octanol–water partition coefficient (Wildman–Crippen LogP) is 4.00. The molecule has 0 aliphatic carbocycles. The Morgan fingerprint density at radius 3 is 2.68 bits per heavy atom. The van der Waals surface area contributed by atoms with Gasteiger partial charge >= 0.3 is 0 Å². The van der Waals surface area contributed by atoms with Crippen LogP contribution in [0, 0.1) is 20.8 Å². The van der Waals surface area contributed by atoms with E-state index in [1.807, 2.05) is 38.1 Å². The first-order valence-electron chi connectivity index (χ1n) is 6.29. The van der Waals surface area contributed by atoms with Gasteiger partial charge in [-0.2, -0.15) is 0 Å². The van der Waals surface area contributed by atoms with Crippen molar-refractivity contribution in [3.05, 3.63) is 47.0 Å². The molecule has 3 heteroatoms. The molecule has 0 saturated heterocycles.